The molecule has 4 heteroatoms. The van der Waals surface area contributed by atoms with E-state index in [4.69, 9.17) is 21.3 Å². The molecule has 0 N–H and O–H groups in total. The van der Waals surface area contributed by atoms with Gasteiger partial charge in [-0.3, -0.25) is 0 Å². The summed E-state index contributed by atoms with van der Waals surface area (Å²) in [6.07, 6.45) is 0.00263. The van der Waals surface area contributed by atoms with E-state index < -0.39 is 0 Å². The Labute approximate surface area is 136 Å². The Balaban J connectivity index is 1.53. The second-order valence-corrected chi connectivity index (χ2v) is 5.98. The van der Waals surface area contributed by atoms with Crippen molar-refractivity contribution in [2.75, 3.05) is 13.1 Å². The number of halogens is 1. The van der Waals surface area contributed by atoms with Crippen LogP contribution in [-0.4, -0.2) is 29.7 Å². The number of nitrogens with zero attached hydrogens (tertiary/aromatic N) is 1. The van der Waals surface area contributed by atoms with Gasteiger partial charge in [0, 0.05) is 13.1 Å². The summed E-state index contributed by atoms with van der Waals surface area (Å²) in [6, 6.07) is 20.3. The highest BCUT2D eigenvalue weighted by Crippen LogP contribution is 2.21. The van der Waals surface area contributed by atoms with E-state index in [0.717, 1.165) is 11.1 Å². The van der Waals surface area contributed by atoms with Crippen LogP contribution in [0, 0.1) is 0 Å². The van der Waals surface area contributed by atoms with E-state index >= 15 is 0 Å². The lowest BCUT2D eigenvalue weighted by Crippen LogP contribution is -2.29. The molecule has 0 radical (unpaired) electrons. The van der Waals surface area contributed by atoms with Crippen LogP contribution in [0.25, 0.3) is 0 Å². The first kappa shape index (κ1) is 15.5. The standard InChI is InChI=1S/C18H20ClNO2/c19-20-11-17(21-13-15-7-3-1-4-8-15)18(12-20)22-14-16-9-5-2-6-10-16/h1-10,17-18H,11-14H2/t17-,18-/m0/s1. The van der Waals surface area contributed by atoms with E-state index in [1.165, 1.54) is 0 Å². The first-order valence-electron chi connectivity index (χ1n) is 7.53. The molecule has 1 saturated heterocycles. The van der Waals surface area contributed by atoms with Crippen molar-refractivity contribution >= 4 is 11.8 Å². The van der Waals surface area contributed by atoms with Gasteiger partial charge in [-0.15, -0.1) is 0 Å². The molecule has 3 rings (SSSR count). The van der Waals surface area contributed by atoms with Crippen LogP contribution in [0.3, 0.4) is 0 Å². The van der Waals surface area contributed by atoms with Gasteiger partial charge in [0.1, 0.15) is 0 Å². The molecule has 1 aliphatic rings. The van der Waals surface area contributed by atoms with E-state index in [-0.39, 0.29) is 12.2 Å². The van der Waals surface area contributed by atoms with Gasteiger partial charge in [0.05, 0.1) is 25.4 Å². The van der Waals surface area contributed by atoms with Gasteiger partial charge in [-0.05, 0) is 22.9 Å². The maximum absolute atomic E-state index is 6.14. The minimum atomic E-state index is 0.00131. The van der Waals surface area contributed by atoms with E-state index in [1.807, 2.05) is 36.4 Å². The van der Waals surface area contributed by atoms with Gasteiger partial charge in [-0.25, -0.2) is 4.42 Å². The molecule has 0 spiro atoms. The van der Waals surface area contributed by atoms with Gasteiger partial charge in [-0.1, -0.05) is 60.7 Å². The van der Waals surface area contributed by atoms with Crippen LogP contribution in [0.15, 0.2) is 60.7 Å². The first-order valence-corrected chi connectivity index (χ1v) is 7.87. The Morgan fingerprint density at radius 1 is 0.773 bits per heavy atom. The predicted octanol–water partition coefficient (Wildman–Crippen LogP) is 3.63. The van der Waals surface area contributed by atoms with Crippen molar-refractivity contribution in [1.82, 2.24) is 4.42 Å². The fourth-order valence-electron chi connectivity index (χ4n) is 2.58. The minimum absolute atomic E-state index is 0.00131. The zero-order chi connectivity index (χ0) is 15.2. The molecule has 0 saturated carbocycles. The van der Waals surface area contributed by atoms with Crippen molar-refractivity contribution in [1.29, 1.82) is 0 Å². The molecular weight excluding hydrogens is 298 g/mol. The molecule has 2 aromatic carbocycles. The van der Waals surface area contributed by atoms with Crippen molar-refractivity contribution in [3.8, 4) is 0 Å². The number of benzene rings is 2. The van der Waals surface area contributed by atoms with Gasteiger partial charge in [-0.2, -0.15) is 0 Å². The summed E-state index contributed by atoms with van der Waals surface area (Å²) in [4.78, 5) is 0. The SMILES string of the molecule is ClN1C[C@H](OCc2ccccc2)[C@@H](OCc2ccccc2)C1. The van der Waals surface area contributed by atoms with E-state index in [2.05, 4.69) is 24.3 Å². The summed E-state index contributed by atoms with van der Waals surface area (Å²) in [7, 11) is 0. The summed E-state index contributed by atoms with van der Waals surface area (Å²) in [5.41, 5.74) is 2.33. The maximum atomic E-state index is 6.14. The van der Waals surface area contributed by atoms with E-state index in [0.29, 0.717) is 26.3 Å². The van der Waals surface area contributed by atoms with Gasteiger partial charge >= 0.3 is 0 Å². The van der Waals surface area contributed by atoms with Crippen molar-refractivity contribution in [3.05, 3.63) is 71.8 Å². The van der Waals surface area contributed by atoms with E-state index in [9.17, 15) is 0 Å². The topological polar surface area (TPSA) is 21.7 Å². The molecular formula is C18H20ClNO2. The van der Waals surface area contributed by atoms with Gasteiger partial charge < -0.3 is 9.47 Å². The van der Waals surface area contributed by atoms with Gasteiger partial charge in [0.15, 0.2) is 0 Å². The molecule has 0 amide bonds. The highest BCUT2D eigenvalue weighted by molar-refractivity contribution is 6.13. The highest BCUT2D eigenvalue weighted by Gasteiger charge is 2.33. The lowest BCUT2D eigenvalue weighted by Gasteiger charge is -2.19. The van der Waals surface area contributed by atoms with Gasteiger partial charge in [0.2, 0.25) is 0 Å². The Bertz CT molecular complexity index is 512. The summed E-state index contributed by atoms with van der Waals surface area (Å²) in [5, 5.41) is 0. The third-order valence-corrected chi connectivity index (χ3v) is 4.06. The van der Waals surface area contributed by atoms with Crippen LogP contribution in [0.1, 0.15) is 11.1 Å². The molecule has 1 aliphatic heterocycles. The number of hydrogen-bond donors (Lipinski definition) is 0. The Morgan fingerprint density at radius 2 is 1.18 bits per heavy atom. The Kier molecular flexibility index (Phi) is 5.46. The average molecular weight is 318 g/mol. The molecule has 1 heterocycles. The van der Waals surface area contributed by atoms with Crippen LogP contribution in [-0.2, 0) is 22.7 Å². The number of rotatable bonds is 6. The molecule has 3 nitrogen and oxygen atoms in total. The van der Waals surface area contributed by atoms with Crippen LogP contribution >= 0.6 is 11.8 Å². The Morgan fingerprint density at radius 3 is 1.59 bits per heavy atom. The van der Waals surface area contributed by atoms with Crippen LogP contribution in [0.2, 0.25) is 0 Å². The molecule has 2 aromatic rings. The molecule has 22 heavy (non-hydrogen) atoms. The third kappa shape index (κ3) is 4.31. The number of ether oxygens (including phenoxy) is 2. The summed E-state index contributed by atoms with van der Waals surface area (Å²) in [5.74, 6) is 0. The van der Waals surface area contributed by atoms with Crippen LogP contribution in [0.5, 0.6) is 0 Å². The van der Waals surface area contributed by atoms with Crippen LogP contribution < -0.4 is 0 Å². The minimum Gasteiger partial charge on any atom is -0.369 e. The zero-order valence-electron chi connectivity index (χ0n) is 12.4. The largest absolute Gasteiger partial charge is 0.369 e. The smallest absolute Gasteiger partial charge is 0.0994 e. The number of hydrogen-bond acceptors (Lipinski definition) is 3. The fourth-order valence-corrected chi connectivity index (χ4v) is 2.85. The van der Waals surface area contributed by atoms with Crippen molar-refractivity contribution in [2.24, 2.45) is 0 Å². The zero-order valence-corrected chi connectivity index (χ0v) is 13.2. The quantitative estimate of drug-likeness (QED) is 0.759. The molecule has 1 fully saturated rings. The normalized spacial score (nSPS) is 22.0. The predicted molar refractivity (Wildman–Crippen MR) is 87.5 cm³/mol. The monoisotopic (exact) mass is 317 g/mol. The van der Waals surface area contributed by atoms with Crippen molar-refractivity contribution in [3.63, 3.8) is 0 Å². The maximum Gasteiger partial charge on any atom is 0.0994 e. The summed E-state index contributed by atoms with van der Waals surface area (Å²) < 4.78 is 13.8. The van der Waals surface area contributed by atoms with E-state index in [1.54, 1.807) is 4.42 Å². The lowest BCUT2D eigenvalue weighted by molar-refractivity contribution is -0.0591. The van der Waals surface area contributed by atoms with Gasteiger partial charge in [0.25, 0.3) is 0 Å². The summed E-state index contributed by atoms with van der Waals surface area (Å²) in [6.45, 7) is 2.55. The van der Waals surface area contributed by atoms with Crippen molar-refractivity contribution in [2.45, 2.75) is 25.4 Å². The second kappa shape index (κ2) is 7.75. The van der Waals surface area contributed by atoms with Crippen LogP contribution in [0.4, 0.5) is 0 Å². The molecule has 2 atom stereocenters. The lowest BCUT2D eigenvalue weighted by atomic mass is 10.2. The molecule has 0 unspecified atom stereocenters. The molecule has 116 valence electrons. The first-order chi connectivity index (χ1) is 10.8. The Hall–Kier alpha value is -1.39. The van der Waals surface area contributed by atoms with Crippen molar-refractivity contribution < 1.29 is 9.47 Å². The average Bonchev–Trinajstić information content (AvgIpc) is 2.93. The fraction of sp³-hybridized carbons (Fsp3) is 0.333. The second-order valence-electron chi connectivity index (χ2n) is 5.50. The molecule has 0 bridgehead atoms. The molecule has 0 aromatic heterocycles. The summed E-state index contributed by atoms with van der Waals surface area (Å²) >= 11 is 6.14. The molecule has 0 aliphatic carbocycles. The highest BCUT2D eigenvalue weighted by atomic mass is 35.5. The third-order valence-electron chi connectivity index (χ3n) is 3.78.